The van der Waals surface area contributed by atoms with Crippen LogP contribution >= 0.6 is 24.0 Å². The summed E-state index contributed by atoms with van der Waals surface area (Å²) >= 11 is 5.65. The molecule has 0 aliphatic carbocycles. The molecule has 2 rings (SSSR count). The highest BCUT2D eigenvalue weighted by Gasteiger charge is 2.03. The number of aromatic nitrogens is 1. The van der Waals surface area contributed by atoms with Gasteiger partial charge in [-0.05, 0) is 12.1 Å². The summed E-state index contributed by atoms with van der Waals surface area (Å²) < 4.78 is 5.19. The molecule has 0 radical (unpaired) electrons. The second kappa shape index (κ2) is 3.78. The van der Waals surface area contributed by atoms with Gasteiger partial charge in [-0.3, -0.25) is 4.98 Å². The summed E-state index contributed by atoms with van der Waals surface area (Å²) in [4.78, 5) is 4.13. The van der Waals surface area contributed by atoms with Crippen molar-refractivity contribution in [1.82, 2.24) is 4.98 Å². The minimum absolute atomic E-state index is 0. The fourth-order valence-corrected chi connectivity index (χ4v) is 1.20. The topological polar surface area (TPSA) is 26.0 Å². The molecule has 0 N–H and O–H groups in total. The third-order valence-electron chi connectivity index (χ3n) is 1.55. The van der Waals surface area contributed by atoms with Gasteiger partial charge in [0, 0.05) is 11.8 Å². The smallest absolute Gasteiger partial charge is 0.152 e. The quantitative estimate of drug-likeness (QED) is 0.667. The molecule has 0 unspecified atom stereocenters. The standard InChI is InChI=1S/C8H6ClNO.ClH/c9-4-6-5-11-7-2-1-3-10-8(6)7;/h1-3,5H,4H2;1H. The summed E-state index contributed by atoms with van der Waals surface area (Å²) in [6.07, 6.45) is 3.37. The zero-order chi connectivity index (χ0) is 7.68. The van der Waals surface area contributed by atoms with Crippen LogP contribution in [0.25, 0.3) is 11.1 Å². The number of nitrogens with zero attached hydrogens (tertiary/aromatic N) is 1. The Morgan fingerprint density at radius 1 is 1.50 bits per heavy atom. The van der Waals surface area contributed by atoms with E-state index in [0.717, 1.165) is 16.7 Å². The number of hydrogen-bond donors (Lipinski definition) is 0. The predicted molar refractivity (Wildman–Crippen MR) is 50.8 cm³/mol. The maximum atomic E-state index is 5.65. The molecule has 0 saturated carbocycles. The van der Waals surface area contributed by atoms with E-state index < -0.39 is 0 Å². The fourth-order valence-electron chi connectivity index (χ4n) is 1.01. The van der Waals surface area contributed by atoms with Crippen LogP contribution in [0.5, 0.6) is 0 Å². The zero-order valence-corrected chi connectivity index (χ0v) is 7.73. The van der Waals surface area contributed by atoms with Gasteiger partial charge in [0.25, 0.3) is 0 Å². The summed E-state index contributed by atoms with van der Waals surface area (Å²) in [6.45, 7) is 0. The molecular weight excluding hydrogens is 197 g/mol. The summed E-state index contributed by atoms with van der Waals surface area (Å²) in [5, 5.41) is 0. The molecule has 4 heteroatoms. The zero-order valence-electron chi connectivity index (χ0n) is 6.16. The van der Waals surface area contributed by atoms with E-state index in [1.54, 1.807) is 12.5 Å². The average Bonchev–Trinajstić information content (AvgIpc) is 2.47. The summed E-state index contributed by atoms with van der Waals surface area (Å²) in [7, 11) is 0. The van der Waals surface area contributed by atoms with E-state index in [4.69, 9.17) is 16.0 Å². The fraction of sp³-hybridized carbons (Fsp3) is 0.125. The van der Waals surface area contributed by atoms with Gasteiger partial charge in [0.05, 0.1) is 12.1 Å². The Balaban J connectivity index is 0.000000720. The highest BCUT2D eigenvalue weighted by molar-refractivity contribution is 6.17. The normalized spacial score (nSPS) is 9.75. The van der Waals surface area contributed by atoms with Crippen LogP contribution in [0.15, 0.2) is 29.0 Å². The third kappa shape index (κ3) is 1.40. The van der Waals surface area contributed by atoms with Crippen molar-refractivity contribution >= 4 is 35.1 Å². The summed E-state index contributed by atoms with van der Waals surface area (Å²) in [5.74, 6) is 0.448. The first kappa shape index (κ1) is 9.36. The SMILES string of the molecule is Cl.ClCc1coc2cccnc12. The third-order valence-corrected chi connectivity index (χ3v) is 1.83. The van der Waals surface area contributed by atoms with Crippen molar-refractivity contribution < 1.29 is 4.42 Å². The molecule has 0 amide bonds. The second-order valence-electron chi connectivity index (χ2n) is 2.24. The maximum Gasteiger partial charge on any atom is 0.152 e. The van der Waals surface area contributed by atoms with Crippen molar-refractivity contribution in [2.75, 3.05) is 0 Å². The second-order valence-corrected chi connectivity index (χ2v) is 2.51. The van der Waals surface area contributed by atoms with Crippen LogP contribution in [-0.4, -0.2) is 4.98 Å². The Labute approximate surface area is 80.9 Å². The van der Waals surface area contributed by atoms with Gasteiger partial charge < -0.3 is 4.42 Å². The molecule has 12 heavy (non-hydrogen) atoms. The van der Waals surface area contributed by atoms with Crippen molar-refractivity contribution in [3.63, 3.8) is 0 Å². The van der Waals surface area contributed by atoms with E-state index in [9.17, 15) is 0 Å². The Bertz CT molecular complexity index is 372. The van der Waals surface area contributed by atoms with Crippen LogP contribution in [-0.2, 0) is 5.88 Å². The van der Waals surface area contributed by atoms with Crippen LogP contribution in [0.1, 0.15) is 5.56 Å². The number of pyridine rings is 1. The number of fused-ring (bicyclic) bond motifs is 1. The predicted octanol–water partition coefficient (Wildman–Crippen LogP) is 2.99. The first-order chi connectivity index (χ1) is 5.42. The van der Waals surface area contributed by atoms with Gasteiger partial charge in [0.1, 0.15) is 5.52 Å². The Hall–Kier alpha value is -0.730. The van der Waals surface area contributed by atoms with Gasteiger partial charge in [0.2, 0.25) is 0 Å². The van der Waals surface area contributed by atoms with E-state index in [1.807, 2.05) is 12.1 Å². The Morgan fingerprint density at radius 2 is 2.33 bits per heavy atom. The van der Waals surface area contributed by atoms with Crippen LogP contribution in [0.3, 0.4) is 0 Å². The van der Waals surface area contributed by atoms with Gasteiger partial charge in [-0.25, -0.2) is 0 Å². The van der Waals surface area contributed by atoms with Gasteiger partial charge in [-0.1, -0.05) is 0 Å². The molecule has 2 heterocycles. The highest BCUT2D eigenvalue weighted by Crippen LogP contribution is 2.19. The molecule has 0 atom stereocenters. The minimum atomic E-state index is 0. The van der Waals surface area contributed by atoms with E-state index in [2.05, 4.69) is 4.98 Å². The monoisotopic (exact) mass is 203 g/mol. The molecule has 0 spiro atoms. The van der Waals surface area contributed by atoms with Crippen molar-refractivity contribution in [3.05, 3.63) is 30.2 Å². The van der Waals surface area contributed by atoms with Crippen molar-refractivity contribution in [1.29, 1.82) is 0 Å². The molecule has 2 nitrogen and oxygen atoms in total. The lowest BCUT2D eigenvalue weighted by molar-refractivity contribution is 0.612. The lowest BCUT2D eigenvalue weighted by atomic mass is 10.3. The van der Waals surface area contributed by atoms with Crippen LogP contribution in [0, 0.1) is 0 Å². The first-order valence-electron chi connectivity index (χ1n) is 3.29. The van der Waals surface area contributed by atoms with Crippen molar-refractivity contribution in [3.8, 4) is 0 Å². The Morgan fingerprint density at radius 3 is 3.08 bits per heavy atom. The molecule has 0 aliphatic heterocycles. The van der Waals surface area contributed by atoms with Gasteiger partial charge in [-0.2, -0.15) is 0 Å². The molecule has 0 fully saturated rings. The van der Waals surface area contributed by atoms with Crippen LogP contribution in [0.2, 0.25) is 0 Å². The molecule has 64 valence electrons. The number of rotatable bonds is 1. The molecular formula is C8H7Cl2NO. The van der Waals surface area contributed by atoms with Gasteiger partial charge in [0.15, 0.2) is 5.58 Å². The number of alkyl halides is 1. The lowest BCUT2D eigenvalue weighted by Gasteiger charge is -1.86. The maximum absolute atomic E-state index is 5.65. The minimum Gasteiger partial charge on any atom is -0.462 e. The van der Waals surface area contributed by atoms with Crippen molar-refractivity contribution in [2.24, 2.45) is 0 Å². The average molecular weight is 204 g/mol. The summed E-state index contributed by atoms with van der Waals surface area (Å²) in [5.41, 5.74) is 2.60. The highest BCUT2D eigenvalue weighted by atomic mass is 35.5. The molecule has 0 bridgehead atoms. The van der Waals surface area contributed by atoms with Crippen molar-refractivity contribution in [2.45, 2.75) is 5.88 Å². The molecule has 0 saturated heterocycles. The molecule has 2 aromatic rings. The number of hydrogen-bond acceptors (Lipinski definition) is 2. The van der Waals surface area contributed by atoms with Gasteiger partial charge >= 0.3 is 0 Å². The molecule has 0 aromatic carbocycles. The van der Waals surface area contributed by atoms with Crippen LogP contribution in [0.4, 0.5) is 0 Å². The number of halogens is 2. The lowest BCUT2D eigenvalue weighted by Crippen LogP contribution is -1.76. The van der Waals surface area contributed by atoms with E-state index in [1.165, 1.54) is 0 Å². The largest absolute Gasteiger partial charge is 0.462 e. The van der Waals surface area contributed by atoms with E-state index in [-0.39, 0.29) is 12.4 Å². The summed E-state index contributed by atoms with van der Waals surface area (Å²) in [6, 6.07) is 3.71. The number of furan rings is 1. The van der Waals surface area contributed by atoms with Crippen LogP contribution < -0.4 is 0 Å². The van der Waals surface area contributed by atoms with E-state index in [0.29, 0.717) is 5.88 Å². The van der Waals surface area contributed by atoms with Gasteiger partial charge in [-0.15, -0.1) is 24.0 Å². The molecule has 0 aliphatic rings. The Kier molecular flexibility index (Phi) is 2.95. The van der Waals surface area contributed by atoms with E-state index >= 15 is 0 Å². The first-order valence-corrected chi connectivity index (χ1v) is 3.82. The molecule has 2 aromatic heterocycles.